The lowest BCUT2D eigenvalue weighted by atomic mass is 9.80. The van der Waals surface area contributed by atoms with Gasteiger partial charge in [-0.2, -0.15) is 21.6 Å². The molecule has 0 spiro atoms. The number of para-hydroxylation sites is 2. The Morgan fingerprint density at radius 2 is 0.783 bits per heavy atom. The van der Waals surface area contributed by atoms with E-state index in [4.69, 9.17) is 4.18 Å². The van der Waals surface area contributed by atoms with E-state index in [0.29, 0.717) is 28.3 Å². The van der Waals surface area contributed by atoms with E-state index >= 15 is 0 Å². The van der Waals surface area contributed by atoms with Gasteiger partial charge >= 0.3 is 15.6 Å². The van der Waals surface area contributed by atoms with Crippen LogP contribution in [0.25, 0.3) is 76.8 Å². The van der Waals surface area contributed by atoms with Crippen LogP contribution in [-0.2, 0) is 10.1 Å². The number of rotatable bonds is 12. The highest BCUT2D eigenvalue weighted by molar-refractivity contribution is 7.88. The van der Waals surface area contributed by atoms with Crippen molar-refractivity contribution in [1.29, 1.82) is 0 Å². The van der Waals surface area contributed by atoms with Crippen molar-refractivity contribution in [3.8, 4) is 56.0 Å². The molecule has 8 heteroatoms. The van der Waals surface area contributed by atoms with Gasteiger partial charge in [0.15, 0.2) is 5.75 Å². The maximum Gasteiger partial charge on any atom is 0.534 e. The predicted molar refractivity (Wildman–Crippen MR) is 283 cm³/mol. The van der Waals surface area contributed by atoms with Gasteiger partial charge in [-0.15, -0.1) is 0 Å². The molecule has 0 saturated carbocycles. The number of phenolic OH excluding ortho intramolecular Hbond substituents is 1. The van der Waals surface area contributed by atoms with Crippen molar-refractivity contribution in [3.63, 3.8) is 0 Å². The number of halogens is 3. The topological polar surface area (TPSA) is 63.6 Å². The van der Waals surface area contributed by atoms with E-state index in [0.717, 1.165) is 49.2 Å². The van der Waals surface area contributed by atoms with Gasteiger partial charge in [0.1, 0.15) is 5.75 Å². The van der Waals surface area contributed by atoms with Crippen LogP contribution in [0.4, 0.5) is 13.2 Å². The van der Waals surface area contributed by atoms with Gasteiger partial charge in [0.25, 0.3) is 0 Å². The summed E-state index contributed by atoms with van der Waals surface area (Å²) in [6.45, 7) is 26.6. The lowest BCUT2D eigenvalue weighted by Crippen LogP contribution is -2.28. The Morgan fingerprint density at radius 1 is 0.420 bits per heavy atom. The van der Waals surface area contributed by atoms with Crippen molar-refractivity contribution in [2.75, 3.05) is 0 Å². The number of phenols is 1. The summed E-state index contributed by atoms with van der Waals surface area (Å²) in [4.78, 5) is 0. The standard InChI is InChI=1S/C61H63F3O4S/c1-33(2)41-27-47(35(5)6)59(48(28-41)36(7)8)39-21-23-43-51(25-39)56-32-54(46-18-14-16-20-58(46)68-69(66,67)61(62,63)64)44-24-22-40(26-52(44)55(56)31-53(43)45-17-13-15-19-57(45)65)60-49(37(9)10)29-42(34(3)4)30-50(60)38(11)12/h13-38,65H,1-12H3. The first-order chi connectivity index (χ1) is 32.5. The zero-order valence-corrected chi connectivity index (χ0v) is 42.5. The molecule has 0 radical (unpaired) electrons. The number of hydrogen-bond donors (Lipinski definition) is 1. The molecule has 0 unspecified atom stereocenters. The van der Waals surface area contributed by atoms with E-state index in [-0.39, 0.29) is 35.0 Å². The van der Waals surface area contributed by atoms with Gasteiger partial charge in [0, 0.05) is 11.1 Å². The Kier molecular flexibility index (Phi) is 13.3. The largest absolute Gasteiger partial charge is 0.534 e. The second-order valence-electron chi connectivity index (χ2n) is 20.5. The maximum absolute atomic E-state index is 14.0. The fourth-order valence-corrected chi connectivity index (χ4v) is 10.5. The first-order valence-electron chi connectivity index (χ1n) is 24.2. The molecule has 0 aromatic heterocycles. The molecule has 4 nitrogen and oxygen atoms in total. The van der Waals surface area contributed by atoms with E-state index in [9.17, 15) is 26.7 Å². The number of hydrogen-bond acceptors (Lipinski definition) is 4. The van der Waals surface area contributed by atoms with Crippen molar-refractivity contribution >= 4 is 42.4 Å². The highest BCUT2D eigenvalue weighted by Gasteiger charge is 2.49. The van der Waals surface area contributed by atoms with Gasteiger partial charge in [0.05, 0.1) is 0 Å². The van der Waals surface area contributed by atoms with Gasteiger partial charge in [-0.25, -0.2) is 0 Å². The normalized spacial score (nSPS) is 12.7. The molecule has 69 heavy (non-hydrogen) atoms. The Labute approximate surface area is 406 Å². The molecule has 0 amide bonds. The summed E-state index contributed by atoms with van der Waals surface area (Å²) < 4.78 is 72.5. The van der Waals surface area contributed by atoms with Crippen LogP contribution < -0.4 is 4.18 Å². The molecule has 8 aromatic rings. The molecule has 0 saturated heterocycles. The second kappa shape index (κ2) is 18.7. The van der Waals surface area contributed by atoms with Crippen molar-refractivity contribution in [3.05, 3.63) is 155 Å². The summed E-state index contributed by atoms with van der Waals surface area (Å²) in [7, 11) is -6.02. The molecule has 358 valence electrons. The zero-order chi connectivity index (χ0) is 50.0. The van der Waals surface area contributed by atoms with Crippen LogP contribution in [0.3, 0.4) is 0 Å². The smallest absolute Gasteiger partial charge is 0.507 e. The molecule has 0 atom stereocenters. The molecule has 0 aliphatic heterocycles. The highest BCUT2D eigenvalue weighted by Crippen LogP contribution is 2.49. The molecule has 0 bridgehead atoms. The third-order valence-electron chi connectivity index (χ3n) is 13.8. The van der Waals surface area contributed by atoms with E-state index < -0.39 is 21.4 Å². The third-order valence-corrected chi connectivity index (χ3v) is 14.7. The first-order valence-corrected chi connectivity index (χ1v) is 25.6. The van der Waals surface area contributed by atoms with Crippen LogP contribution in [-0.4, -0.2) is 19.0 Å². The van der Waals surface area contributed by atoms with Crippen LogP contribution in [0.2, 0.25) is 0 Å². The molecular formula is C61H63F3O4S. The van der Waals surface area contributed by atoms with Crippen LogP contribution in [0, 0.1) is 0 Å². The van der Waals surface area contributed by atoms with Gasteiger partial charge in [-0.05, 0) is 171 Å². The fraction of sp³-hybridized carbons (Fsp3) is 0.311. The molecular weight excluding hydrogens is 886 g/mol. The molecule has 1 N–H and O–H groups in total. The van der Waals surface area contributed by atoms with E-state index in [2.05, 4.69) is 144 Å². The fourth-order valence-electron chi connectivity index (χ4n) is 10.0. The van der Waals surface area contributed by atoms with E-state index in [1.807, 2.05) is 24.3 Å². The summed E-state index contributed by atoms with van der Waals surface area (Å²) >= 11 is 0. The van der Waals surface area contributed by atoms with E-state index in [1.165, 1.54) is 51.1 Å². The lowest BCUT2D eigenvalue weighted by Gasteiger charge is -2.25. The molecule has 8 aromatic carbocycles. The Hall–Kier alpha value is -6.12. The SMILES string of the molecule is CC(C)c1cc(C(C)C)c(-c2ccc3c(-c4ccccc4O)cc4c5cc(-c6c(C(C)C)cc(C(C)C)cc6C(C)C)ccc5c(-c5ccccc5OS(=O)(=O)C(F)(F)F)cc4c3c2)c(C(C)C)c1. The summed E-state index contributed by atoms with van der Waals surface area (Å²) in [5, 5.41) is 16.4. The molecule has 0 aliphatic rings. The first kappa shape index (κ1) is 49.3. The average Bonchev–Trinajstić information content (AvgIpc) is 3.29. The molecule has 0 aliphatic carbocycles. The monoisotopic (exact) mass is 948 g/mol. The summed E-state index contributed by atoms with van der Waals surface area (Å²) in [6, 6.07) is 39.5. The summed E-state index contributed by atoms with van der Waals surface area (Å²) in [5.41, 5.74) is 8.30. The minimum absolute atomic E-state index is 0.127. The minimum Gasteiger partial charge on any atom is -0.507 e. The second-order valence-corrected chi connectivity index (χ2v) is 22.1. The average molecular weight is 949 g/mol. The summed E-state index contributed by atoms with van der Waals surface area (Å²) in [6.07, 6.45) is 0. The Morgan fingerprint density at radius 3 is 1.16 bits per heavy atom. The van der Waals surface area contributed by atoms with Gasteiger partial charge in [-0.3, -0.25) is 0 Å². The number of fused-ring (bicyclic) bond motifs is 5. The van der Waals surface area contributed by atoms with Crippen molar-refractivity contribution in [2.45, 2.75) is 124 Å². The third kappa shape index (κ3) is 9.13. The van der Waals surface area contributed by atoms with Crippen LogP contribution in [0.15, 0.2) is 121 Å². The van der Waals surface area contributed by atoms with Crippen molar-refractivity contribution in [1.82, 2.24) is 0 Å². The maximum atomic E-state index is 14.0. The zero-order valence-electron chi connectivity index (χ0n) is 41.7. The van der Waals surface area contributed by atoms with Crippen LogP contribution in [0.1, 0.15) is 152 Å². The Bertz CT molecular complexity index is 3340. The Balaban J connectivity index is 1.59. The highest BCUT2D eigenvalue weighted by atomic mass is 32.2. The summed E-state index contributed by atoms with van der Waals surface area (Å²) in [5.74, 6) is 1.11. The minimum atomic E-state index is -6.02. The number of alkyl halides is 3. The van der Waals surface area contributed by atoms with Crippen molar-refractivity contribution in [2.24, 2.45) is 0 Å². The van der Waals surface area contributed by atoms with Crippen LogP contribution in [0.5, 0.6) is 11.5 Å². The quantitative estimate of drug-likeness (QED) is 0.0753. The lowest BCUT2D eigenvalue weighted by molar-refractivity contribution is -0.0499. The van der Waals surface area contributed by atoms with Crippen LogP contribution >= 0.6 is 0 Å². The van der Waals surface area contributed by atoms with Gasteiger partial charge in [0.2, 0.25) is 0 Å². The van der Waals surface area contributed by atoms with Gasteiger partial charge in [-0.1, -0.05) is 168 Å². The molecule has 8 rings (SSSR count). The molecule has 0 heterocycles. The van der Waals surface area contributed by atoms with Gasteiger partial charge < -0.3 is 9.29 Å². The number of aromatic hydroxyl groups is 1. The number of benzene rings is 8. The predicted octanol–water partition coefficient (Wildman–Crippen LogP) is 18.5. The van der Waals surface area contributed by atoms with Crippen molar-refractivity contribution < 1.29 is 30.9 Å². The van der Waals surface area contributed by atoms with E-state index in [1.54, 1.807) is 24.3 Å². The molecule has 0 fully saturated rings.